The van der Waals surface area contributed by atoms with Gasteiger partial charge in [-0.1, -0.05) is 20.8 Å². The molecule has 64 heavy (non-hydrogen) atoms. The highest BCUT2D eigenvalue weighted by Gasteiger charge is 2.61. The van der Waals surface area contributed by atoms with E-state index in [1.807, 2.05) is 4.31 Å². The van der Waals surface area contributed by atoms with E-state index in [1.54, 1.807) is 6.26 Å². The monoisotopic (exact) mass is 914 g/mol. The fourth-order valence-corrected chi connectivity index (χ4v) is 19.1. The maximum atomic E-state index is 13.6. The molecule has 0 aromatic rings. The van der Waals surface area contributed by atoms with Crippen molar-refractivity contribution >= 4 is 27.1 Å². The van der Waals surface area contributed by atoms with Crippen LogP contribution in [-0.2, 0) is 24.0 Å². The average molecular weight is 914 g/mol. The van der Waals surface area contributed by atoms with Crippen LogP contribution in [0.2, 0.25) is 0 Å². The Morgan fingerprint density at radius 1 is 0.625 bits per heavy atom. The van der Waals surface area contributed by atoms with Crippen molar-refractivity contribution in [3.8, 4) is 0 Å². The molecule has 2 heterocycles. The normalized spacial score (nSPS) is 48.2. The van der Waals surface area contributed by atoms with Crippen molar-refractivity contribution in [2.24, 2.45) is 81.8 Å². The molecule has 10 rings (SSSR count). The number of carbonyl (C=O) groups is 2. The number of alkyl halides is 1. The Labute approximate surface area is 387 Å². The minimum atomic E-state index is -2.14. The minimum absolute atomic E-state index is 0.172. The van der Waals surface area contributed by atoms with Gasteiger partial charge in [0, 0.05) is 67.1 Å². The van der Waals surface area contributed by atoms with E-state index in [4.69, 9.17) is 4.74 Å². The lowest BCUT2D eigenvalue weighted by Crippen LogP contribution is -2.53. The second-order valence-corrected chi connectivity index (χ2v) is 27.1. The summed E-state index contributed by atoms with van der Waals surface area (Å²) in [5.41, 5.74) is -1.11. The van der Waals surface area contributed by atoms with Crippen molar-refractivity contribution in [2.75, 3.05) is 78.5 Å². The van der Waals surface area contributed by atoms with Crippen LogP contribution in [0.5, 0.6) is 0 Å². The highest BCUT2D eigenvalue weighted by molar-refractivity contribution is 7.97. The van der Waals surface area contributed by atoms with E-state index in [-0.39, 0.29) is 22.7 Å². The van der Waals surface area contributed by atoms with E-state index >= 15 is 0 Å². The topological polar surface area (TPSA) is 111 Å². The van der Waals surface area contributed by atoms with E-state index < -0.39 is 27.6 Å². The second kappa shape index (κ2) is 18.8. The molecule has 2 N–H and O–H groups in total. The SMILES string of the molecule is C=S(C)(=O)N1CCN(CC(=O)[C@H]2CC[C@H]3[C@@H]4CC[C@@H]5C[C@@](O)(CC)CC[C@@H]5[C@H]4CC[C@]23C)CC1.C[C@]12CC[C@H]3[C@@H](CC[C@@H]4C[C@@](O)(CF)CC[C@@H]43)[C@@H]1CC[C@@H]2C(=O)CN1CCOCC1. The molecule has 17 atom stereocenters. The zero-order valence-corrected chi connectivity index (χ0v) is 41.3. The molecular weight excluding hydrogens is 826 g/mol. The van der Waals surface area contributed by atoms with Crippen LogP contribution < -0.4 is 0 Å². The van der Waals surface area contributed by atoms with Crippen LogP contribution in [0, 0.1) is 81.8 Å². The third kappa shape index (κ3) is 9.16. The lowest BCUT2D eigenvalue weighted by molar-refractivity contribution is -0.135. The lowest BCUT2D eigenvalue weighted by Gasteiger charge is -2.57. The number of hydrogen-bond acceptors (Lipinski definition) is 8. The number of hydrogen-bond donors (Lipinski definition) is 2. The quantitative estimate of drug-likeness (QED) is 0.227. The molecule has 2 saturated heterocycles. The minimum Gasteiger partial charge on any atom is -0.390 e. The number of morpholine rings is 1. The first-order valence-electron chi connectivity index (χ1n) is 26.6. The van der Waals surface area contributed by atoms with Crippen molar-refractivity contribution in [3.05, 3.63) is 0 Å². The third-order valence-corrected chi connectivity index (χ3v) is 23.1. The lowest BCUT2D eigenvalue weighted by atomic mass is 9.48. The van der Waals surface area contributed by atoms with Crippen molar-refractivity contribution in [2.45, 2.75) is 154 Å². The molecule has 0 radical (unpaired) electrons. The van der Waals surface area contributed by atoms with Crippen molar-refractivity contribution < 1.29 is 33.1 Å². The van der Waals surface area contributed by atoms with Gasteiger partial charge >= 0.3 is 0 Å². The Morgan fingerprint density at radius 2 is 1.08 bits per heavy atom. The van der Waals surface area contributed by atoms with Crippen LogP contribution >= 0.6 is 0 Å². The van der Waals surface area contributed by atoms with Crippen molar-refractivity contribution in [1.29, 1.82) is 0 Å². The van der Waals surface area contributed by atoms with Gasteiger partial charge in [-0.3, -0.25) is 23.6 Å². The number of ketones is 2. The summed E-state index contributed by atoms with van der Waals surface area (Å²) in [5.74, 6) is 12.4. The highest BCUT2D eigenvalue weighted by Crippen LogP contribution is 2.66. The number of halogens is 1. The first-order valence-corrected chi connectivity index (χ1v) is 28.7. The van der Waals surface area contributed by atoms with Gasteiger partial charge in [0.1, 0.15) is 18.2 Å². The van der Waals surface area contributed by atoms with Gasteiger partial charge in [0.05, 0.1) is 37.5 Å². The first kappa shape index (κ1) is 48.1. The molecule has 10 aliphatic rings. The molecule has 9 nitrogen and oxygen atoms in total. The summed E-state index contributed by atoms with van der Waals surface area (Å²) in [6.45, 7) is 14.0. The Morgan fingerprint density at radius 3 is 1.55 bits per heavy atom. The number of aliphatic hydroxyl groups is 2. The van der Waals surface area contributed by atoms with Gasteiger partial charge in [0.15, 0.2) is 0 Å². The molecule has 2 aliphatic heterocycles. The number of Topliss-reactive ketones (excluding diaryl/α,β-unsaturated/α-hetero) is 2. The largest absolute Gasteiger partial charge is 0.390 e. The summed E-state index contributed by atoms with van der Waals surface area (Å²) >= 11 is 0. The van der Waals surface area contributed by atoms with Crippen LogP contribution in [0.1, 0.15) is 143 Å². The number of piperazine rings is 1. The highest BCUT2D eigenvalue weighted by atomic mass is 32.2. The maximum absolute atomic E-state index is 13.6. The first-order chi connectivity index (χ1) is 30.5. The fourth-order valence-electron chi connectivity index (χ4n) is 18.1. The molecule has 0 amide bonds. The predicted molar refractivity (Wildman–Crippen MR) is 254 cm³/mol. The van der Waals surface area contributed by atoms with E-state index in [2.05, 4.69) is 36.4 Å². The molecule has 0 aromatic heterocycles. The summed E-state index contributed by atoms with van der Waals surface area (Å²) in [5, 5.41) is 21.4. The molecule has 8 saturated carbocycles. The molecule has 364 valence electrons. The molecule has 0 aromatic carbocycles. The molecule has 0 bridgehead atoms. The van der Waals surface area contributed by atoms with Gasteiger partial charge in [-0.15, -0.1) is 0 Å². The van der Waals surface area contributed by atoms with Gasteiger partial charge in [-0.2, -0.15) is 0 Å². The molecule has 1 unspecified atom stereocenters. The molecule has 10 fully saturated rings. The molecule has 11 heteroatoms. The summed E-state index contributed by atoms with van der Waals surface area (Å²) < 4.78 is 33.0. The van der Waals surface area contributed by atoms with Crippen molar-refractivity contribution in [3.63, 3.8) is 0 Å². The van der Waals surface area contributed by atoms with E-state index in [1.165, 1.54) is 64.2 Å². The van der Waals surface area contributed by atoms with E-state index in [0.717, 1.165) is 133 Å². The van der Waals surface area contributed by atoms with Crippen LogP contribution in [0.4, 0.5) is 4.39 Å². The maximum Gasteiger partial charge on any atom is 0.150 e. The van der Waals surface area contributed by atoms with Crippen molar-refractivity contribution in [1.82, 2.24) is 14.1 Å². The number of ether oxygens (including phenoxy) is 1. The number of carbonyl (C=O) groups excluding carboxylic acids is 2. The fraction of sp³-hybridized carbons (Fsp3) is 0.943. The number of fused-ring (bicyclic) bond motifs is 10. The summed E-state index contributed by atoms with van der Waals surface area (Å²) in [6, 6.07) is 0. The Kier molecular flexibility index (Phi) is 14.1. The van der Waals surface area contributed by atoms with Gasteiger partial charge in [0.2, 0.25) is 0 Å². The van der Waals surface area contributed by atoms with Gasteiger partial charge < -0.3 is 14.9 Å². The molecular formula is C53H88FN3O6S. The van der Waals surface area contributed by atoms with Crippen LogP contribution in [0.15, 0.2) is 0 Å². The number of rotatable bonds is 9. The van der Waals surface area contributed by atoms with Gasteiger partial charge in [0.25, 0.3) is 0 Å². The number of nitrogens with zero attached hydrogens (tertiary/aromatic N) is 3. The van der Waals surface area contributed by atoms with Crippen LogP contribution in [-0.4, -0.2) is 136 Å². The third-order valence-electron chi connectivity index (χ3n) is 21.6. The summed E-state index contributed by atoms with van der Waals surface area (Å²) in [7, 11) is -2.14. The van der Waals surface area contributed by atoms with Crippen LogP contribution in [0.3, 0.4) is 0 Å². The average Bonchev–Trinajstić information content (AvgIpc) is 3.83. The second-order valence-electron chi connectivity index (χ2n) is 24.6. The Balaban J connectivity index is 0.000000163. The Bertz CT molecular complexity index is 1790. The van der Waals surface area contributed by atoms with Gasteiger partial charge in [-0.05, 0) is 198 Å². The zero-order chi connectivity index (χ0) is 45.2. The zero-order valence-electron chi connectivity index (χ0n) is 40.5. The molecule has 8 aliphatic carbocycles. The van der Waals surface area contributed by atoms with Gasteiger partial charge in [-0.25, -0.2) is 8.70 Å². The van der Waals surface area contributed by atoms with Crippen LogP contribution in [0.25, 0.3) is 0 Å². The van der Waals surface area contributed by atoms with E-state index in [9.17, 15) is 28.4 Å². The summed E-state index contributed by atoms with van der Waals surface area (Å²) in [4.78, 5) is 31.5. The standard InChI is InChI=1S/C28H48N2O3S.C25H40FNO3/c1-5-28(32)13-11-21-20(18-28)6-7-23-22(21)10-12-27(2)24(23)8-9-25(27)26(31)19-29-14-16-30(17-15-29)34(3,4)33;1-24-8-6-19-18-7-9-25(29,16-26)14-17(18)2-3-20(19)21(24)4-5-22(24)23(28)15-27-10-12-30-13-11-27/h20-25,32H,3,5-19H2,1-2,4H3;17-22,29H,2-16H2,1H3/t20-,21+,22-,23-,24+,25-,27+,28-,34?;17-,18+,19-,20-,21+,22-,24+,25-/m11/s1. The predicted octanol–water partition coefficient (Wildman–Crippen LogP) is 7.70. The summed E-state index contributed by atoms with van der Waals surface area (Å²) in [6.07, 6.45) is 22.6. The smallest absolute Gasteiger partial charge is 0.150 e. The molecule has 0 spiro atoms. The Hall–Kier alpha value is -0.950. The van der Waals surface area contributed by atoms with E-state index in [0.29, 0.717) is 61.2 Å².